The van der Waals surface area contributed by atoms with Crippen LogP contribution in [0.25, 0.3) is 10.4 Å². The summed E-state index contributed by atoms with van der Waals surface area (Å²) in [5, 5.41) is 2.97. The summed E-state index contributed by atoms with van der Waals surface area (Å²) >= 11 is 1.29. The number of piperidine rings is 1. The first-order valence-corrected chi connectivity index (χ1v) is 11.3. The summed E-state index contributed by atoms with van der Waals surface area (Å²) in [6, 6.07) is 11.2. The fraction of sp³-hybridized carbons (Fsp3) is 0.421. The van der Waals surface area contributed by atoms with Crippen LogP contribution < -0.4 is 5.32 Å². The maximum atomic E-state index is 12.8. The van der Waals surface area contributed by atoms with E-state index in [9.17, 15) is 13.2 Å². The van der Waals surface area contributed by atoms with E-state index in [1.54, 1.807) is 22.5 Å². The van der Waals surface area contributed by atoms with E-state index < -0.39 is 10.0 Å². The van der Waals surface area contributed by atoms with Crippen molar-refractivity contribution < 1.29 is 13.2 Å². The zero-order chi connectivity index (χ0) is 18.1. The molecule has 2 heterocycles. The van der Waals surface area contributed by atoms with E-state index >= 15 is 0 Å². The molecule has 1 aliphatic heterocycles. The van der Waals surface area contributed by atoms with Crippen LogP contribution in [0.4, 0.5) is 0 Å². The number of sulfonamides is 1. The molecule has 2 aliphatic rings. The molecule has 0 unspecified atom stereocenters. The molecule has 1 amide bonds. The zero-order valence-corrected chi connectivity index (χ0v) is 16.1. The van der Waals surface area contributed by atoms with Crippen LogP contribution in [0.15, 0.2) is 40.6 Å². The predicted octanol–water partition coefficient (Wildman–Crippen LogP) is 3.48. The summed E-state index contributed by atoms with van der Waals surface area (Å²) in [7, 11) is -3.39. The summed E-state index contributed by atoms with van der Waals surface area (Å²) in [6.45, 7) is 1.22. The predicted molar refractivity (Wildman–Crippen MR) is 103 cm³/mol. The van der Waals surface area contributed by atoms with Crippen LogP contribution in [0.2, 0.25) is 0 Å². The molecule has 0 bridgehead atoms. The van der Waals surface area contributed by atoms with Crippen molar-refractivity contribution in [3.8, 4) is 10.4 Å². The minimum absolute atomic E-state index is 0.0430. The SMILES string of the molecule is O=C(NC1CC1)c1ccc(-c2ccc(S(=O)(=O)N3CCCCC3)s2)cc1. The Morgan fingerprint density at radius 2 is 1.69 bits per heavy atom. The van der Waals surface area contributed by atoms with Gasteiger partial charge >= 0.3 is 0 Å². The second kappa shape index (κ2) is 7.13. The van der Waals surface area contributed by atoms with E-state index in [0.29, 0.717) is 28.9 Å². The molecular weight excluding hydrogens is 368 g/mol. The summed E-state index contributed by atoms with van der Waals surface area (Å²) in [6.07, 6.45) is 5.09. The van der Waals surface area contributed by atoms with Crippen molar-refractivity contribution in [3.05, 3.63) is 42.0 Å². The fourth-order valence-electron chi connectivity index (χ4n) is 3.13. The highest BCUT2D eigenvalue weighted by Crippen LogP contribution is 2.33. The number of hydrogen-bond donors (Lipinski definition) is 1. The summed E-state index contributed by atoms with van der Waals surface area (Å²) < 4.78 is 27.5. The van der Waals surface area contributed by atoms with Gasteiger partial charge < -0.3 is 5.32 Å². The van der Waals surface area contributed by atoms with Crippen LogP contribution in [0.5, 0.6) is 0 Å². The lowest BCUT2D eigenvalue weighted by Crippen LogP contribution is -2.35. The molecule has 0 spiro atoms. The average Bonchev–Trinajstić information content (AvgIpc) is 3.33. The second-order valence-electron chi connectivity index (χ2n) is 6.91. The van der Waals surface area contributed by atoms with Crippen LogP contribution in [-0.2, 0) is 10.0 Å². The number of amides is 1. The number of thiophene rings is 1. The molecule has 1 saturated heterocycles. The highest BCUT2D eigenvalue weighted by molar-refractivity contribution is 7.91. The van der Waals surface area contributed by atoms with Crippen molar-refractivity contribution >= 4 is 27.3 Å². The van der Waals surface area contributed by atoms with E-state index in [-0.39, 0.29) is 5.91 Å². The van der Waals surface area contributed by atoms with Crippen molar-refractivity contribution in [2.24, 2.45) is 0 Å². The molecule has 7 heteroatoms. The molecule has 1 saturated carbocycles. The molecule has 2 fully saturated rings. The first kappa shape index (κ1) is 17.7. The molecule has 138 valence electrons. The van der Waals surface area contributed by atoms with Crippen molar-refractivity contribution in [2.45, 2.75) is 42.4 Å². The van der Waals surface area contributed by atoms with Crippen molar-refractivity contribution in [2.75, 3.05) is 13.1 Å². The first-order valence-electron chi connectivity index (χ1n) is 9.05. The van der Waals surface area contributed by atoms with E-state index in [1.165, 1.54) is 11.3 Å². The van der Waals surface area contributed by atoms with E-state index in [0.717, 1.165) is 42.5 Å². The quantitative estimate of drug-likeness (QED) is 0.850. The van der Waals surface area contributed by atoms with Gasteiger partial charge in [0.1, 0.15) is 4.21 Å². The molecule has 1 aliphatic carbocycles. The zero-order valence-electron chi connectivity index (χ0n) is 14.5. The molecule has 1 aromatic heterocycles. The van der Waals surface area contributed by atoms with E-state index in [2.05, 4.69) is 5.32 Å². The molecule has 4 rings (SSSR count). The third kappa shape index (κ3) is 3.70. The molecule has 1 aromatic carbocycles. The van der Waals surface area contributed by atoms with Gasteiger partial charge in [-0.3, -0.25) is 4.79 Å². The Hall–Kier alpha value is -1.70. The second-order valence-corrected chi connectivity index (χ2v) is 10.2. The Morgan fingerprint density at radius 1 is 1.00 bits per heavy atom. The number of carbonyl (C=O) groups excluding carboxylic acids is 1. The number of nitrogens with one attached hydrogen (secondary N) is 1. The molecule has 1 N–H and O–H groups in total. The fourth-order valence-corrected chi connectivity index (χ4v) is 6.11. The molecular formula is C19H22N2O3S2. The Bertz CT molecular complexity index is 893. The first-order chi connectivity index (χ1) is 12.5. The van der Waals surface area contributed by atoms with Crippen molar-refractivity contribution in [1.82, 2.24) is 9.62 Å². The lowest BCUT2D eigenvalue weighted by atomic mass is 10.1. The third-order valence-corrected chi connectivity index (χ3v) is 8.34. The number of benzene rings is 1. The lowest BCUT2D eigenvalue weighted by molar-refractivity contribution is 0.0951. The van der Waals surface area contributed by atoms with Crippen molar-refractivity contribution in [1.29, 1.82) is 0 Å². The van der Waals surface area contributed by atoms with Gasteiger partial charge in [-0.2, -0.15) is 4.31 Å². The highest BCUT2D eigenvalue weighted by atomic mass is 32.2. The van der Waals surface area contributed by atoms with E-state index in [4.69, 9.17) is 0 Å². The Morgan fingerprint density at radius 3 is 2.35 bits per heavy atom. The maximum absolute atomic E-state index is 12.8. The number of nitrogens with zero attached hydrogens (tertiary/aromatic N) is 1. The highest BCUT2D eigenvalue weighted by Gasteiger charge is 2.27. The van der Waals surface area contributed by atoms with Crippen LogP contribution in [0.3, 0.4) is 0 Å². The van der Waals surface area contributed by atoms with Crippen LogP contribution in [0, 0.1) is 0 Å². The van der Waals surface area contributed by atoms with Gasteiger partial charge in [-0.15, -0.1) is 11.3 Å². The molecule has 26 heavy (non-hydrogen) atoms. The van der Waals surface area contributed by atoms with Crippen LogP contribution in [-0.4, -0.2) is 37.8 Å². The summed E-state index contributed by atoms with van der Waals surface area (Å²) in [4.78, 5) is 13.0. The van der Waals surface area contributed by atoms with Gasteiger partial charge in [0.2, 0.25) is 0 Å². The number of hydrogen-bond acceptors (Lipinski definition) is 4. The lowest BCUT2D eigenvalue weighted by Gasteiger charge is -2.25. The van der Waals surface area contributed by atoms with Crippen LogP contribution >= 0.6 is 11.3 Å². The molecule has 0 radical (unpaired) electrons. The van der Waals surface area contributed by atoms with E-state index in [1.807, 2.05) is 18.2 Å². The normalized spacial score (nSPS) is 18.6. The number of carbonyl (C=O) groups is 1. The standard InChI is InChI=1S/C19H22N2O3S2/c22-19(20-16-8-9-16)15-6-4-14(5-7-15)17-10-11-18(25-17)26(23,24)21-12-2-1-3-13-21/h4-7,10-11,16H,1-3,8-9,12-13H2,(H,20,22). The largest absolute Gasteiger partial charge is 0.349 e. The van der Waals surface area contributed by atoms with Gasteiger partial charge in [0.15, 0.2) is 0 Å². The molecule has 5 nitrogen and oxygen atoms in total. The third-order valence-electron chi connectivity index (χ3n) is 4.83. The minimum atomic E-state index is -3.39. The number of rotatable bonds is 5. The van der Waals surface area contributed by atoms with Gasteiger partial charge in [-0.25, -0.2) is 8.42 Å². The summed E-state index contributed by atoms with van der Waals surface area (Å²) in [5.41, 5.74) is 1.57. The molecule has 0 atom stereocenters. The molecule has 2 aromatic rings. The summed E-state index contributed by atoms with van der Waals surface area (Å²) in [5.74, 6) is -0.0430. The minimum Gasteiger partial charge on any atom is -0.349 e. The Kier molecular flexibility index (Phi) is 4.86. The van der Waals surface area contributed by atoms with Crippen LogP contribution in [0.1, 0.15) is 42.5 Å². The smallest absolute Gasteiger partial charge is 0.252 e. The van der Waals surface area contributed by atoms with Crippen molar-refractivity contribution in [3.63, 3.8) is 0 Å². The Balaban J connectivity index is 1.51. The topological polar surface area (TPSA) is 66.5 Å². The maximum Gasteiger partial charge on any atom is 0.252 e. The van der Waals surface area contributed by atoms with Gasteiger partial charge in [-0.05, 0) is 55.5 Å². The van der Waals surface area contributed by atoms with Gasteiger partial charge in [0.25, 0.3) is 15.9 Å². The van der Waals surface area contributed by atoms with Gasteiger partial charge in [0, 0.05) is 29.6 Å². The Labute approximate surface area is 158 Å². The van der Waals surface area contributed by atoms with Gasteiger partial charge in [-0.1, -0.05) is 18.6 Å². The van der Waals surface area contributed by atoms with Gasteiger partial charge in [0.05, 0.1) is 0 Å². The average molecular weight is 391 g/mol. The monoisotopic (exact) mass is 390 g/mol.